The summed E-state index contributed by atoms with van der Waals surface area (Å²) in [6, 6.07) is 20.5. The molecule has 0 bridgehead atoms. The van der Waals surface area contributed by atoms with Crippen molar-refractivity contribution in [2.24, 2.45) is 0 Å². The summed E-state index contributed by atoms with van der Waals surface area (Å²) in [6.07, 6.45) is 0. The third kappa shape index (κ3) is 6.18. The maximum absolute atomic E-state index is 13.6. The lowest BCUT2D eigenvalue weighted by Gasteiger charge is -2.27. The molecular formula is C28H34N2O5S. The molecule has 1 atom stereocenters. The number of nitrogens with zero attached hydrogens (tertiary/aromatic N) is 1. The molecule has 0 heterocycles. The van der Waals surface area contributed by atoms with Gasteiger partial charge in [-0.05, 0) is 47.7 Å². The van der Waals surface area contributed by atoms with Crippen molar-refractivity contribution in [1.29, 1.82) is 0 Å². The zero-order valence-corrected chi connectivity index (χ0v) is 22.4. The zero-order chi connectivity index (χ0) is 26.5. The molecule has 7 nitrogen and oxygen atoms in total. The molecule has 3 aromatic carbocycles. The standard InChI is InChI=1S/C28H34N2O5S/c1-20(21-12-14-22(15-13-21)28(2,3)4)29-27(31)19-30(36(32,33)24-10-8-7-9-11-24)25-17-16-23(34-5)18-26(25)35-6/h7-18,20H,19H2,1-6H3,(H,29,31)/t20-/m0/s1. The van der Waals surface area contributed by atoms with E-state index in [4.69, 9.17) is 9.47 Å². The van der Waals surface area contributed by atoms with Crippen LogP contribution < -0.4 is 19.1 Å². The Kier molecular flexibility index (Phi) is 8.30. The molecule has 192 valence electrons. The molecule has 1 N–H and O–H groups in total. The lowest BCUT2D eigenvalue weighted by Crippen LogP contribution is -2.41. The molecule has 1 amide bonds. The van der Waals surface area contributed by atoms with E-state index in [2.05, 4.69) is 26.1 Å². The van der Waals surface area contributed by atoms with Gasteiger partial charge < -0.3 is 14.8 Å². The van der Waals surface area contributed by atoms with Crippen molar-refractivity contribution >= 4 is 21.6 Å². The summed E-state index contributed by atoms with van der Waals surface area (Å²) in [5, 5.41) is 2.93. The number of carbonyl (C=O) groups is 1. The van der Waals surface area contributed by atoms with Gasteiger partial charge in [-0.25, -0.2) is 8.42 Å². The first-order valence-electron chi connectivity index (χ1n) is 11.7. The van der Waals surface area contributed by atoms with Crippen LogP contribution in [0.15, 0.2) is 77.7 Å². The Morgan fingerprint density at radius 1 is 0.944 bits per heavy atom. The minimum Gasteiger partial charge on any atom is -0.497 e. The number of sulfonamides is 1. The van der Waals surface area contributed by atoms with Crippen molar-refractivity contribution in [1.82, 2.24) is 5.32 Å². The largest absolute Gasteiger partial charge is 0.497 e. The van der Waals surface area contributed by atoms with Gasteiger partial charge in [-0.1, -0.05) is 63.2 Å². The first-order chi connectivity index (χ1) is 17.0. The monoisotopic (exact) mass is 510 g/mol. The normalized spacial score (nSPS) is 12.5. The van der Waals surface area contributed by atoms with E-state index >= 15 is 0 Å². The number of rotatable bonds is 9. The maximum Gasteiger partial charge on any atom is 0.264 e. The smallest absolute Gasteiger partial charge is 0.264 e. The van der Waals surface area contributed by atoms with Crippen molar-refractivity contribution < 1.29 is 22.7 Å². The third-order valence-corrected chi connectivity index (χ3v) is 7.70. The Bertz CT molecular complexity index is 1280. The Morgan fingerprint density at radius 2 is 1.58 bits per heavy atom. The zero-order valence-electron chi connectivity index (χ0n) is 21.6. The topological polar surface area (TPSA) is 84.9 Å². The summed E-state index contributed by atoms with van der Waals surface area (Å²) in [5.74, 6) is 0.330. The van der Waals surface area contributed by atoms with Gasteiger partial charge in [-0.2, -0.15) is 0 Å². The molecule has 0 spiro atoms. The molecule has 0 unspecified atom stereocenters. The van der Waals surface area contributed by atoms with E-state index in [0.717, 1.165) is 9.87 Å². The summed E-state index contributed by atoms with van der Waals surface area (Å²) in [6.45, 7) is 7.87. The second kappa shape index (κ2) is 11.0. The van der Waals surface area contributed by atoms with Gasteiger partial charge >= 0.3 is 0 Å². The molecule has 0 saturated carbocycles. The van der Waals surface area contributed by atoms with Crippen LogP contribution in [0.3, 0.4) is 0 Å². The van der Waals surface area contributed by atoms with E-state index in [1.54, 1.807) is 36.4 Å². The highest BCUT2D eigenvalue weighted by molar-refractivity contribution is 7.92. The number of amides is 1. The molecule has 3 rings (SSSR count). The molecule has 0 radical (unpaired) electrons. The van der Waals surface area contributed by atoms with E-state index < -0.39 is 22.5 Å². The fourth-order valence-electron chi connectivity index (χ4n) is 3.78. The minimum absolute atomic E-state index is 0.0226. The van der Waals surface area contributed by atoms with E-state index in [-0.39, 0.29) is 27.8 Å². The molecule has 36 heavy (non-hydrogen) atoms. The number of ether oxygens (including phenoxy) is 2. The van der Waals surface area contributed by atoms with Gasteiger partial charge in [0, 0.05) is 6.07 Å². The van der Waals surface area contributed by atoms with Crippen LogP contribution in [0.5, 0.6) is 11.5 Å². The number of benzene rings is 3. The van der Waals surface area contributed by atoms with Gasteiger partial charge in [-0.15, -0.1) is 0 Å². The predicted molar refractivity (Wildman–Crippen MR) is 142 cm³/mol. The Morgan fingerprint density at radius 3 is 2.14 bits per heavy atom. The molecule has 3 aromatic rings. The number of methoxy groups -OCH3 is 2. The number of hydrogen-bond donors (Lipinski definition) is 1. The second-order valence-corrected chi connectivity index (χ2v) is 11.4. The molecule has 0 fully saturated rings. The van der Waals surface area contributed by atoms with E-state index in [1.165, 1.54) is 31.9 Å². The highest BCUT2D eigenvalue weighted by atomic mass is 32.2. The summed E-state index contributed by atoms with van der Waals surface area (Å²) in [7, 11) is -1.12. The van der Waals surface area contributed by atoms with Gasteiger partial charge in [0.2, 0.25) is 5.91 Å². The molecule has 0 aliphatic carbocycles. The van der Waals surface area contributed by atoms with Crippen LogP contribution in [-0.4, -0.2) is 35.1 Å². The van der Waals surface area contributed by atoms with Crippen molar-refractivity contribution in [3.05, 3.63) is 83.9 Å². The molecule has 0 saturated heterocycles. The number of anilines is 1. The van der Waals surface area contributed by atoms with Crippen LogP contribution in [0.1, 0.15) is 44.9 Å². The molecule has 8 heteroatoms. The van der Waals surface area contributed by atoms with Gasteiger partial charge in [0.25, 0.3) is 10.0 Å². The van der Waals surface area contributed by atoms with Gasteiger partial charge in [-0.3, -0.25) is 9.10 Å². The summed E-state index contributed by atoms with van der Waals surface area (Å²) >= 11 is 0. The highest BCUT2D eigenvalue weighted by Crippen LogP contribution is 2.35. The Balaban J connectivity index is 1.91. The quantitative estimate of drug-likeness (QED) is 0.434. The first-order valence-corrected chi connectivity index (χ1v) is 13.1. The molecule has 0 aliphatic rings. The average molecular weight is 511 g/mol. The molecule has 0 aliphatic heterocycles. The second-order valence-electron chi connectivity index (χ2n) is 9.52. The van der Waals surface area contributed by atoms with Crippen LogP contribution in [0.4, 0.5) is 5.69 Å². The lowest BCUT2D eigenvalue weighted by atomic mass is 9.86. The summed E-state index contributed by atoms with van der Waals surface area (Å²) < 4.78 is 39.0. The lowest BCUT2D eigenvalue weighted by molar-refractivity contribution is -0.120. The van der Waals surface area contributed by atoms with Crippen LogP contribution >= 0.6 is 0 Å². The molecular weight excluding hydrogens is 476 g/mol. The SMILES string of the molecule is COc1ccc(N(CC(=O)N[C@@H](C)c2ccc(C(C)(C)C)cc2)S(=O)(=O)c2ccccc2)c(OC)c1. The van der Waals surface area contributed by atoms with Crippen molar-refractivity contribution in [3.63, 3.8) is 0 Å². The van der Waals surface area contributed by atoms with E-state index in [9.17, 15) is 13.2 Å². The highest BCUT2D eigenvalue weighted by Gasteiger charge is 2.30. The molecule has 0 aromatic heterocycles. The predicted octanol–water partition coefficient (Wildman–Crippen LogP) is 5.07. The Labute approximate surface area is 214 Å². The summed E-state index contributed by atoms with van der Waals surface area (Å²) in [4.78, 5) is 13.2. The van der Waals surface area contributed by atoms with Crippen LogP contribution in [0, 0.1) is 0 Å². The maximum atomic E-state index is 13.6. The number of nitrogens with one attached hydrogen (secondary N) is 1. The average Bonchev–Trinajstić information content (AvgIpc) is 2.87. The number of hydrogen-bond acceptors (Lipinski definition) is 5. The number of carbonyl (C=O) groups excluding carboxylic acids is 1. The van der Waals surface area contributed by atoms with E-state index in [1.807, 2.05) is 31.2 Å². The third-order valence-electron chi connectivity index (χ3n) is 5.93. The van der Waals surface area contributed by atoms with Crippen LogP contribution in [0.25, 0.3) is 0 Å². The first kappa shape index (κ1) is 27.1. The van der Waals surface area contributed by atoms with Gasteiger partial charge in [0.05, 0.1) is 30.8 Å². The Hall–Kier alpha value is -3.52. The van der Waals surface area contributed by atoms with Crippen molar-refractivity contribution in [2.75, 3.05) is 25.1 Å². The minimum atomic E-state index is -4.07. The van der Waals surface area contributed by atoms with Gasteiger partial charge in [0.1, 0.15) is 18.0 Å². The van der Waals surface area contributed by atoms with Crippen molar-refractivity contribution in [2.45, 2.75) is 44.0 Å². The fraction of sp³-hybridized carbons (Fsp3) is 0.321. The van der Waals surface area contributed by atoms with Crippen LogP contribution in [0.2, 0.25) is 0 Å². The summed E-state index contributed by atoms with van der Waals surface area (Å²) in [5.41, 5.74) is 2.38. The fourth-order valence-corrected chi connectivity index (χ4v) is 5.24. The van der Waals surface area contributed by atoms with E-state index in [0.29, 0.717) is 5.75 Å². The van der Waals surface area contributed by atoms with Crippen molar-refractivity contribution in [3.8, 4) is 11.5 Å². The van der Waals surface area contributed by atoms with Gasteiger partial charge in [0.15, 0.2) is 0 Å². The van der Waals surface area contributed by atoms with Crippen LogP contribution in [-0.2, 0) is 20.2 Å².